The quantitative estimate of drug-likeness (QED) is 0.184. The zero-order valence-corrected chi connectivity index (χ0v) is 21.9. The molecule has 0 radical (unpaired) electrons. The third-order valence-electron chi connectivity index (χ3n) is 5.80. The van der Waals surface area contributed by atoms with E-state index in [9.17, 15) is 9.59 Å². The van der Waals surface area contributed by atoms with Gasteiger partial charge in [0.15, 0.2) is 12.4 Å². The van der Waals surface area contributed by atoms with Crippen LogP contribution in [0.4, 0.5) is 0 Å². The Morgan fingerprint density at radius 3 is 2.00 bits per heavy atom. The molecule has 0 bridgehead atoms. The lowest BCUT2D eigenvalue weighted by Crippen LogP contribution is -3.00. The number of rotatable bonds is 8. The molecule has 0 saturated carbocycles. The number of pyridine rings is 1. The van der Waals surface area contributed by atoms with Gasteiger partial charge < -0.3 is 28.7 Å². The molecule has 0 unspecified atom stereocenters. The summed E-state index contributed by atoms with van der Waals surface area (Å²) in [6.45, 7) is 2.34. The average molecular weight is 581 g/mol. The Morgan fingerprint density at radius 2 is 1.43 bits per heavy atom. The molecule has 1 N–H and O–H groups in total. The minimum absolute atomic E-state index is 0. The van der Waals surface area contributed by atoms with Crippen LogP contribution in [0.1, 0.15) is 22.3 Å². The number of hydrogen-bond donors (Lipinski definition) is 1. The van der Waals surface area contributed by atoms with E-state index in [0.717, 1.165) is 16.7 Å². The van der Waals surface area contributed by atoms with Crippen LogP contribution in [0.2, 0.25) is 0 Å². The van der Waals surface area contributed by atoms with Crippen molar-refractivity contribution in [3.8, 4) is 0 Å². The Kier molecular flexibility index (Phi) is 8.95. The van der Waals surface area contributed by atoms with Crippen molar-refractivity contribution in [2.45, 2.75) is 19.1 Å². The average Bonchev–Trinajstić information content (AvgIpc) is 2.86. The van der Waals surface area contributed by atoms with Crippen molar-refractivity contribution in [3.05, 3.63) is 147 Å². The largest absolute Gasteiger partial charge is 1.00 e. The third kappa shape index (κ3) is 5.86. The highest BCUT2D eigenvalue weighted by atomic mass is 127. The van der Waals surface area contributed by atoms with Crippen molar-refractivity contribution >= 4 is 0 Å². The maximum atomic E-state index is 12.0. The van der Waals surface area contributed by atoms with Gasteiger partial charge in [0.1, 0.15) is 12.6 Å². The lowest BCUT2D eigenvalue weighted by Gasteiger charge is -2.35. The number of nitrogens with one attached hydrogen (secondary N) is 1. The highest BCUT2D eigenvalue weighted by Crippen LogP contribution is 2.40. The number of nitrogens with zero attached hydrogens (tertiary/aromatic N) is 2. The normalized spacial score (nSPS) is 11.4. The van der Waals surface area contributed by atoms with E-state index < -0.39 is 11.3 Å². The summed E-state index contributed by atoms with van der Waals surface area (Å²) in [7, 11) is 1.99. The van der Waals surface area contributed by atoms with Gasteiger partial charge in [-0.2, -0.15) is 0 Å². The van der Waals surface area contributed by atoms with E-state index in [-0.39, 0.29) is 29.5 Å². The zero-order valence-electron chi connectivity index (χ0n) is 19.7. The Hall–Kier alpha value is -3.30. The van der Waals surface area contributed by atoms with Gasteiger partial charge >= 0.3 is 5.69 Å². The van der Waals surface area contributed by atoms with Gasteiger partial charge in [-0.05, 0) is 18.1 Å². The predicted molar refractivity (Wildman–Crippen MR) is 132 cm³/mol. The number of halogens is 1. The molecule has 2 aromatic heterocycles. The van der Waals surface area contributed by atoms with Crippen LogP contribution in [0.25, 0.3) is 0 Å². The van der Waals surface area contributed by atoms with E-state index >= 15 is 0 Å². The summed E-state index contributed by atoms with van der Waals surface area (Å²) < 4.78 is 10.2. The van der Waals surface area contributed by atoms with Gasteiger partial charge in [0.2, 0.25) is 0 Å². The van der Waals surface area contributed by atoms with Crippen molar-refractivity contribution in [3.63, 3.8) is 0 Å². The van der Waals surface area contributed by atoms with Gasteiger partial charge in [0.25, 0.3) is 5.56 Å². The second kappa shape index (κ2) is 11.9. The lowest BCUT2D eigenvalue weighted by molar-refractivity contribution is -0.671. The fraction of sp³-hybridized carbons (Fsp3) is 0.179. The van der Waals surface area contributed by atoms with Crippen LogP contribution in [-0.4, -0.2) is 16.2 Å². The van der Waals surface area contributed by atoms with Crippen LogP contribution in [0.15, 0.2) is 113 Å². The first-order chi connectivity index (χ1) is 16.5. The van der Waals surface area contributed by atoms with Crippen molar-refractivity contribution < 1.29 is 33.3 Å². The molecule has 0 aliphatic rings. The van der Waals surface area contributed by atoms with Gasteiger partial charge in [0.05, 0.1) is 6.61 Å². The van der Waals surface area contributed by atoms with Gasteiger partial charge in [-0.25, -0.2) is 9.36 Å². The van der Waals surface area contributed by atoms with E-state index in [4.69, 9.17) is 4.74 Å². The Bertz CT molecular complexity index is 1340. The van der Waals surface area contributed by atoms with Gasteiger partial charge in [-0.1, -0.05) is 72.8 Å². The summed E-state index contributed by atoms with van der Waals surface area (Å²) in [4.78, 5) is 26.0. The maximum Gasteiger partial charge on any atom is 0.328 e. The van der Waals surface area contributed by atoms with Crippen LogP contribution in [0, 0.1) is 6.92 Å². The molecular weight excluding hydrogens is 553 g/mol. The fourth-order valence-corrected chi connectivity index (χ4v) is 4.01. The molecule has 0 saturated heterocycles. The minimum atomic E-state index is -0.813. The zero-order chi connectivity index (χ0) is 24.0. The molecule has 2 heterocycles. The fourth-order valence-electron chi connectivity index (χ4n) is 4.01. The SMILES string of the molecule is Cc1cn(C/C=C\COC(c2ccccc2)(c2ccccc2)c2cc[n+](C)cc2)c(=O)[nH]c1=O.[I-]. The second-order valence-corrected chi connectivity index (χ2v) is 8.17. The predicted octanol–water partition coefficient (Wildman–Crippen LogP) is 0.238. The number of ether oxygens (including phenoxy) is 1. The van der Waals surface area contributed by atoms with Gasteiger partial charge in [-0.3, -0.25) is 14.3 Å². The summed E-state index contributed by atoms with van der Waals surface area (Å²) in [5, 5.41) is 0. The number of allylic oxidation sites excluding steroid dienone is 1. The first-order valence-corrected chi connectivity index (χ1v) is 11.2. The lowest BCUT2D eigenvalue weighted by atomic mass is 9.80. The number of aromatic amines is 1. The highest BCUT2D eigenvalue weighted by Gasteiger charge is 2.37. The van der Waals surface area contributed by atoms with Crippen LogP contribution in [-0.2, 0) is 23.9 Å². The van der Waals surface area contributed by atoms with E-state index in [1.165, 1.54) is 4.57 Å². The molecule has 0 atom stereocenters. The first kappa shape index (κ1) is 26.3. The highest BCUT2D eigenvalue weighted by molar-refractivity contribution is 5.46. The molecule has 0 aliphatic carbocycles. The van der Waals surface area contributed by atoms with Crippen LogP contribution in [0.5, 0.6) is 0 Å². The summed E-state index contributed by atoms with van der Waals surface area (Å²) in [6, 6.07) is 24.5. The van der Waals surface area contributed by atoms with Crippen LogP contribution in [0.3, 0.4) is 0 Å². The topological polar surface area (TPSA) is 68.0 Å². The Balaban J connectivity index is 0.00000342. The molecular formula is C28H28IN3O3. The monoisotopic (exact) mass is 581 g/mol. The summed E-state index contributed by atoms with van der Waals surface area (Å²) in [5.41, 5.74) is 1.96. The van der Waals surface area contributed by atoms with Gasteiger partial charge in [0, 0.05) is 36.0 Å². The molecule has 4 rings (SSSR count). The number of aromatic nitrogens is 3. The van der Waals surface area contributed by atoms with Crippen molar-refractivity contribution in [1.82, 2.24) is 9.55 Å². The van der Waals surface area contributed by atoms with Crippen LogP contribution >= 0.6 is 0 Å². The number of aryl methyl sites for hydroxylation is 2. The Morgan fingerprint density at radius 1 is 0.886 bits per heavy atom. The molecule has 0 fully saturated rings. The minimum Gasteiger partial charge on any atom is -1.00 e. The van der Waals surface area contributed by atoms with E-state index in [1.807, 2.05) is 72.6 Å². The smallest absolute Gasteiger partial charge is 0.328 e. The van der Waals surface area contributed by atoms with Gasteiger partial charge in [-0.15, -0.1) is 0 Å². The third-order valence-corrected chi connectivity index (χ3v) is 5.80. The van der Waals surface area contributed by atoms with Crippen molar-refractivity contribution in [2.75, 3.05) is 6.61 Å². The summed E-state index contributed by atoms with van der Waals surface area (Å²) >= 11 is 0. The maximum absolute atomic E-state index is 12.0. The summed E-state index contributed by atoms with van der Waals surface area (Å²) in [6.07, 6.45) is 9.36. The molecule has 4 aromatic rings. The molecule has 6 nitrogen and oxygen atoms in total. The second-order valence-electron chi connectivity index (χ2n) is 8.17. The molecule has 0 spiro atoms. The standard InChI is InChI=1S/C28H27N3O3.HI/c1-22-21-31(27(33)29-26(22)32)17-9-10-20-34-28(23-11-5-3-6-12-23,24-13-7-4-8-14-24)25-15-18-30(2)19-16-25;/h3-16,18-19,21H,17,20H2,1-2H3;1H/b10-9-;. The van der Waals surface area contributed by atoms with Crippen molar-refractivity contribution in [2.24, 2.45) is 7.05 Å². The summed E-state index contributed by atoms with van der Waals surface area (Å²) in [5.74, 6) is 0. The molecule has 180 valence electrons. The van der Waals surface area contributed by atoms with Crippen molar-refractivity contribution in [1.29, 1.82) is 0 Å². The number of benzene rings is 2. The molecule has 2 aromatic carbocycles. The number of H-pyrrole nitrogens is 1. The van der Waals surface area contributed by atoms with E-state index in [1.54, 1.807) is 13.1 Å². The molecule has 7 heteroatoms. The van der Waals surface area contributed by atoms with E-state index in [2.05, 4.69) is 41.4 Å². The van der Waals surface area contributed by atoms with Crippen LogP contribution < -0.4 is 39.8 Å². The Labute approximate surface area is 221 Å². The van der Waals surface area contributed by atoms with E-state index in [0.29, 0.717) is 18.7 Å². The number of hydrogen-bond acceptors (Lipinski definition) is 3. The first-order valence-electron chi connectivity index (χ1n) is 11.2. The molecule has 35 heavy (non-hydrogen) atoms. The molecule has 0 amide bonds. The molecule has 0 aliphatic heterocycles.